The van der Waals surface area contributed by atoms with Gasteiger partial charge < -0.3 is 5.48 Å². The lowest BCUT2D eigenvalue weighted by Crippen LogP contribution is -2.44. The zero-order valence-electron chi connectivity index (χ0n) is 7.88. The van der Waals surface area contributed by atoms with Crippen molar-refractivity contribution in [3.63, 3.8) is 0 Å². The van der Waals surface area contributed by atoms with Gasteiger partial charge in [-0.25, -0.2) is 5.21 Å². The Bertz CT molecular complexity index is 82.2. The topological polar surface area (TPSA) is 50.2 Å². The third kappa shape index (κ3) is 5.18. The Morgan fingerprint density at radius 2 is 1.55 bits per heavy atom. The Labute approximate surface area is 69.5 Å². The molecule has 0 rings (SSSR count). The molecule has 0 amide bonds. The Morgan fingerprint density at radius 1 is 1.09 bits per heavy atom. The molecule has 11 heavy (non-hydrogen) atoms. The van der Waals surface area contributed by atoms with E-state index in [0.717, 1.165) is 26.1 Å². The van der Waals surface area contributed by atoms with E-state index in [-0.39, 0.29) is 10.1 Å². The van der Waals surface area contributed by atoms with Gasteiger partial charge in [0.25, 0.3) is 0 Å². The van der Waals surface area contributed by atoms with Crippen molar-refractivity contribution < 1.29 is 15.3 Å². The number of quaternary nitrogens is 1. The fourth-order valence-corrected chi connectivity index (χ4v) is 0.992. The Kier molecular flexibility index (Phi) is 8.06. The van der Waals surface area contributed by atoms with E-state index in [1.54, 1.807) is 0 Å². The maximum atomic E-state index is 9.70. The van der Waals surface area contributed by atoms with Gasteiger partial charge in [0.1, 0.15) is 19.6 Å². The summed E-state index contributed by atoms with van der Waals surface area (Å²) in [4.78, 5) is 0. The second kappa shape index (κ2) is 6.58. The minimum atomic E-state index is 0. The molecule has 0 radical (unpaired) electrons. The number of hydroxylamine groups is 3. The molecule has 0 atom stereocenters. The largest absolute Gasteiger partial charge is 0.870 e. The summed E-state index contributed by atoms with van der Waals surface area (Å²) in [5.74, 6) is 0. The molecule has 0 bridgehead atoms. The standard InChI is InChI=1S/C8H20NO.H2O/c1-4-7-8-9(10,5-2)6-3;/h10H,4-8H2,1-3H3;1H2/q+1;/p-1. The Morgan fingerprint density at radius 3 is 1.82 bits per heavy atom. The van der Waals surface area contributed by atoms with Crippen LogP contribution >= 0.6 is 0 Å². The van der Waals surface area contributed by atoms with E-state index in [1.807, 2.05) is 13.8 Å². The summed E-state index contributed by atoms with van der Waals surface area (Å²) in [5.41, 5.74) is 0. The predicted molar refractivity (Wildman–Crippen MR) is 44.8 cm³/mol. The van der Waals surface area contributed by atoms with Crippen molar-refractivity contribution in [2.45, 2.75) is 33.6 Å². The first kappa shape index (κ1) is 13.5. The summed E-state index contributed by atoms with van der Waals surface area (Å²) in [5, 5.41) is 9.70. The van der Waals surface area contributed by atoms with Gasteiger partial charge in [-0.15, -0.1) is 0 Å². The van der Waals surface area contributed by atoms with E-state index in [4.69, 9.17) is 0 Å². The third-order valence-electron chi connectivity index (χ3n) is 2.11. The van der Waals surface area contributed by atoms with Crippen molar-refractivity contribution in [1.29, 1.82) is 0 Å². The molecule has 0 heterocycles. The molecular formula is C8H21NO2. The first-order chi connectivity index (χ1) is 4.68. The molecule has 3 nitrogen and oxygen atoms in total. The molecule has 70 valence electrons. The molecular weight excluding hydrogens is 142 g/mol. The second-order valence-corrected chi connectivity index (χ2v) is 2.80. The highest BCUT2D eigenvalue weighted by Gasteiger charge is 2.18. The zero-order valence-corrected chi connectivity index (χ0v) is 7.88. The van der Waals surface area contributed by atoms with E-state index < -0.39 is 0 Å². The average molecular weight is 163 g/mol. The summed E-state index contributed by atoms with van der Waals surface area (Å²) in [6, 6.07) is 0. The van der Waals surface area contributed by atoms with Gasteiger partial charge >= 0.3 is 0 Å². The summed E-state index contributed by atoms with van der Waals surface area (Å²) in [6.45, 7) is 8.77. The van der Waals surface area contributed by atoms with Crippen molar-refractivity contribution in [2.75, 3.05) is 19.6 Å². The number of unbranched alkanes of at least 4 members (excludes halogenated alkanes) is 1. The van der Waals surface area contributed by atoms with E-state index in [2.05, 4.69) is 6.92 Å². The molecule has 0 saturated heterocycles. The van der Waals surface area contributed by atoms with Crippen molar-refractivity contribution in [3.05, 3.63) is 0 Å². The summed E-state index contributed by atoms with van der Waals surface area (Å²) < 4.78 is 0.244. The molecule has 0 aliphatic heterocycles. The molecule has 0 aromatic carbocycles. The summed E-state index contributed by atoms with van der Waals surface area (Å²) in [7, 11) is 0. The molecule has 0 fully saturated rings. The minimum absolute atomic E-state index is 0. The zero-order chi connectivity index (χ0) is 8.04. The molecule has 0 saturated carbocycles. The van der Waals surface area contributed by atoms with Crippen LogP contribution in [0.4, 0.5) is 0 Å². The average Bonchev–Trinajstić information content (AvgIpc) is 2.00. The molecule has 0 aromatic heterocycles. The molecule has 0 aliphatic rings. The van der Waals surface area contributed by atoms with Crippen LogP contribution in [0.5, 0.6) is 0 Å². The van der Waals surface area contributed by atoms with E-state index >= 15 is 0 Å². The lowest BCUT2D eigenvalue weighted by atomic mass is 10.3. The molecule has 0 spiro atoms. The van der Waals surface area contributed by atoms with E-state index in [1.165, 1.54) is 6.42 Å². The van der Waals surface area contributed by atoms with Crippen LogP contribution in [0, 0.1) is 0 Å². The van der Waals surface area contributed by atoms with Crippen molar-refractivity contribution in [2.24, 2.45) is 0 Å². The Hall–Kier alpha value is -0.120. The molecule has 0 aromatic rings. The maximum Gasteiger partial charge on any atom is 0.109 e. The predicted octanol–water partition coefficient (Wildman–Crippen LogP) is 1.86. The molecule has 3 heteroatoms. The van der Waals surface area contributed by atoms with Gasteiger partial charge in [-0.2, -0.15) is 4.65 Å². The van der Waals surface area contributed by atoms with Crippen LogP contribution < -0.4 is 0 Å². The Balaban J connectivity index is 0. The number of hydrogen-bond donors (Lipinski definition) is 1. The summed E-state index contributed by atoms with van der Waals surface area (Å²) >= 11 is 0. The van der Waals surface area contributed by atoms with Crippen LogP contribution in [-0.4, -0.2) is 35.0 Å². The maximum absolute atomic E-state index is 9.70. The van der Waals surface area contributed by atoms with Crippen molar-refractivity contribution in [1.82, 2.24) is 0 Å². The highest BCUT2D eigenvalue weighted by molar-refractivity contribution is 4.31. The second-order valence-electron chi connectivity index (χ2n) is 2.80. The van der Waals surface area contributed by atoms with E-state index in [9.17, 15) is 5.21 Å². The van der Waals surface area contributed by atoms with Crippen molar-refractivity contribution in [3.8, 4) is 0 Å². The van der Waals surface area contributed by atoms with Gasteiger partial charge in [0.15, 0.2) is 0 Å². The minimum Gasteiger partial charge on any atom is -0.870 e. The molecule has 0 aliphatic carbocycles. The van der Waals surface area contributed by atoms with Gasteiger partial charge in [0.05, 0.1) is 0 Å². The van der Waals surface area contributed by atoms with Gasteiger partial charge in [-0.05, 0) is 20.3 Å². The fourth-order valence-electron chi connectivity index (χ4n) is 0.992. The smallest absolute Gasteiger partial charge is 0.109 e. The first-order valence-electron chi connectivity index (χ1n) is 4.27. The van der Waals surface area contributed by atoms with Crippen LogP contribution in [0.15, 0.2) is 0 Å². The highest BCUT2D eigenvalue weighted by atomic mass is 16.5. The van der Waals surface area contributed by atoms with Gasteiger partial charge in [-0.3, -0.25) is 0 Å². The SMILES string of the molecule is CCCC[N+](O)(CC)CC.[OH-]. The van der Waals surface area contributed by atoms with Crippen LogP contribution in [0.25, 0.3) is 0 Å². The number of hydrogen-bond acceptors (Lipinski definition) is 2. The van der Waals surface area contributed by atoms with E-state index in [0.29, 0.717) is 0 Å². The molecule has 0 unspecified atom stereocenters. The fraction of sp³-hybridized carbons (Fsp3) is 1.00. The lowest BCUT2D eigenvalue weighted by molar-refractivity contribution is -1.10. The van der Waals surface area contributed by atoms with Crippen LogP contribution in [0.1, 0.15) is 33.6 Å². The normalized spacial score (nSPS) is 10.9. The van der Waals surface area contributed by atoms with Crippen molar-refractivity contribution >= 4 is 0 Å². The first-order valence-corrected chi connectivity index (χ1v) is 4.27. The van der Waals surface area contributed by atoms with Gasteiger partial charge in [0, 0.05) is 0 Å². The highest BCUT2D eigenvalue weighted by Crippen LogP contribution is 2.03. The monoisotopic (exact) mass is 163 g/mol. The lowest BCUT2D eigenvalue weighted by Gasteiger charge is -2.27. The summed E-state index contributed by atoms with van der Waals surface area (Å²) in [6.07, 6.45) is 2.29. The molecule has 2 N–H and O–H groups in total. The third-order valence-corrected chi connectivity index (χ3v) is 2.11. The number of rotatable bonds is 5. The van der Waals surface area contributed by atoms with Crippen LogP contribution in [-0.2, 0) is 0 Å². The van der Waals surface area contributed by atoms with Gasteiger partial charge in [-0.1, -0.05) is 13.3 Å². The number of nitrogens with zero attached hydrogens (tertiary/aromatic N) is 1. The van der Waals surface area contributed by atoms with Crippen LogP contribution in [0.3, 0.4) is 0 Å². The van der Waals surface area contributed by atoms with Crippen LogP contribution in [0.2, 0.25) is 0 Å². The quantitative estimate of drug-likeness (QED) is 0.496. The van der Waals surface area contributed by atoms with Gasteiger partial charge in [0.2, 0.25) is 0 Å².